The number of rotatable bonds is 10. The molecule has 5 rings (SSSR count). The maximum Gasteiger partial charge on any atom is 0.406 e. The predicted octanol–water partition coefficient (Wildman–Crippen LogP) is 6.25. The highest BCUT2D eigenvalue weighted by Gasteiger charge is 2.42. The fraction of sp³-hybridized carbons (Fsp3) is 0.265. The monoisotopic (exact) mass is 648 g/mol. The molecule has 3 N–H and O–H groups in total. The van der Waals surface area contributed by atoms with Crippen LogP contribution >= 0.6 is 0 Å². The van der Waals surface area contributed by atoms with Gasteiger partial charge in [0.05, 0.1) is 24.1 Å². The van der Waals surface area contributed by atoms with Crippen molar-refractivity contribution in [1.82, 2.24) is 10.2 Å². The number of allylic oxidation sites excluding steroid dienone is 2. The molecule has 0 fully saturated rings. The van der Waals surface area contributed by atoms with E-state index >= 15 is 0 Å². The van der Waals surface area contributed by atoms with Crippen LogP contribution in [0.5, 0.6) is 0 Å². The zero-order chi connectivity index (χ0) is 33.7. The number of hydrogen-bond donors (Lipinski definition) is 3. The minimum Gasteiger partial charge on any atom is -0.481 e. The number of carbonyl (C=O) groups excluding carboxylic acids is 4. The number of urea groups is 1. The van der Waals surface area contributed by atoms with Gasteiger partial charge in [-0.3, -0.25) is 29.0 Å². The molecular formula is C34H31F3N4O6. The highest BCUT2D eigenvalue weighted by Crippen LogP contribution is 2.31. The van der Waals surface area contributed by atoms with Gasteiger partial charge in [-0.15, -0.1) is 0 Å². The van der Waals surface area contributed by atoms with Crippen molar-refractivity contribution in [3.63, 3.8) is 0 Å². The predicted molar refractivity (Wildman–Crippen MR) is 167 cm³/mol. The number of nitrogens with one attached hydrogen (secondary N) is 2. The maximum absolute atomic E-state index is 13.7. The summed E-state index contributed by atoms with van der Waals surface area (Å²) in [5, 5.41) is 14.0. The van der Waals surface area contributed by atoms with Crippen LogP contribution in [0.3, 0.4) is 0 Å². The molecule has 3 aromatic carbocycles. The minimum absolute atomic E-state index is 0.0282. The maximum atomic E-state index is 13.7. The van der Waals surface area contributed by atoms with E-state index < -0.39 is 42.4 Å². The topological polar surface area (TPSA) is 136 Å². The molecule has 0 radical (unpaired) electrons. The molecule has 0 atom stereocenters. The molecule has 0 unspecified atom stereocenters. The highest BCUT2D eigenvalue weighted by molar-refractivity contribution is 6.22. The first-order valence-corrected chi connectivity index (χ1v) is 14.9. The van der Waals surface area contributed by atoms with Crippen LogP contribution in [0.4, 0.5) is 29.3 Å². The van der Waals surface area contributed by atoms with E-state index in [1.807, 2.05) is 12.1 Å². The summed E-state index contributed by atoms with van der Waals surface area (Å²) >= 11 is 0. The van der Waals surface area contributed by atoms with Gasteiger partial charge in [-0.2, -0.15) is 13.2 Å². The van der Waals surface area contributed by atoms with Gasteiger partial charge in [0.15, 0.2) is 0 Å². The third-order valence-corrected chi connectivity index (χ3v) is 7.83. The zero-order valence-corrected chi connectivity index (χ0v) is 25.1. The summed E-state index contributed by atoms with van der Waals surface area (Å²) in [6.07, 6.45) is 1.42. The van der Waals surface area contributed by atoms with Crippen LogP contribution in [0.1, 0.15) is 74.3 Å². The van der Waals surface area contributed by atoms with E-state index in [0.717, 1.165) is 31.2 Å². The van der Waals surface area contributed by atoms with Gasteiger partial charge in [-0.1, -0.05) is 30.3 Å². The van der Waals surface area contributed by atoms with Gasteiger partial charge in [0.25, 0.3) is 17.7 Å². The molecule has 0 saturated heterocycles. The van der Waals surface area contributed by atoms with Gasteiger partial charge in [0.2, 0.25) is 0 Å². The van der Waals surface area contributed by atoms with E-state index in [2.05, 4.69) is 16.7 Å². The first-order chi connectivity index (χ1) is 22.4. The fourth-order valence-corrected chi connectivity index (χ4v) is 5.45. The van der Waals surface area contributed by atoms with Crippen molar-refractivity contribution in [2.45, 2.75) is 44.8 Å². The van der Waals surface area contributed by atoms with Crippen molar-refractivity contribution in [3.05, 3.63) is 101 Å². The molecule has 0 saturated carbocycles. The normalized spacial score (nSPS) is 14.4. The molecule has 1 heterocycles. The Morgan fingerprint density at radius 3 is 2.23 bits per heavy atom. The molecule has 0 spiro atoms. The molecular weight excluding hydrogens is 617 g/mol. The molecule has 0 aromatic heterocycles. The smallest absolute Gasteiger partial charge is 0.406 e. The molecule has 13 heteroatoms. The summed E-state index contributed by atoms with van der Waals surface area (Å²) in [5.41, 5.74) is 3.42. The van der Waals surface area contributed by atoms with Crippen LogP contribution in [0.15, 0.2) is 72.8 Å². The number of anilines is 2. The van der Waals surface area contributed by atoms with Crippen molar-refractivity contribution < 1.29 is 42.3 Å². The number of carboxylic acid groups (broad SMARTS) is 1. The van der Waals surface area contributed by atoms with E-state index in [1.165, 1.54) is 28.7 Å². The molecule has 10 nitrogen and oxygen atoms in total. The summed E-state index contributed by atoms with van der Waals surface area (Å²) in [4.78, 5) is 63.5. The van der Waals surface area contributed by atoms with Gasteiger partial charge in [0, 0.05) is 23.5 Å². The number of fused-ring (bicyclic) bond motifs is 1. The number of carbonyl (C=O) groups is 5. The number of amides is 5. The number of halogens is 3. The summed E-state index contributed by atoms with van der Waals surface area (Å²) in [6.45, 7) is -1.69. The minimum atomic E-state index is -4.77. The Balaban J connectivity index is 1.37. The molecule has 5 amide bonds. The van der Waals surface area contributed by atoms with Crippen molar-refractivity contribution in [2.24, 2.45) is 0 Å². The van der Waals surface area contributed by atoms with E-state index in [-0.39, 0.29) is 41.2 Å². The number of aliphatic carboxylic acids is 1. The second-order valence-electron chi connectivity index (χ2n) is 11.2. The molecule has 2 aliphatic rings. The van der Waals surface area contributed by atoms with Crippen LogP contribution in [-0.2, 0) is 11.3 Å². The number of benzene rings is 3. The fourth-order valence-electron chi connectivity index (χ4n) is 5.45. The quantitative estimate of drug-likeness (QED) is 0.223. The Labute approximate surface area is 267 Å². The summed E-state index contributed by atoms with van der Waals surface area (Å²) < 4.78 is 38.9. The molecule has 3 aromatic rings. The van der Waals surface area contributed by atoms with E-state index in [4.69, 9.17) is 5.11 Å². The number of alkyl halides is 3. The molecule has 0 bridgehead atoms. The molecule has 47 heavy (non-hydrogen) atoms. The third kappa shape index (κ3) is 8.04. The second kappa shape index (κ2) is 13.9. The first kappa shape index (κ1) is 32.9. The van der Waals surface area contributed by atoms with Crippen LogP contribution < -0.4 is 15.5 Å². The van der Waals surface area contributed by atoms with Crippen molar-refractivity contribution in [2.75, 3.05) is 23.3 Å². The van der Waals surface area contributed by atoms with Crippen molar-refractivity contribution >= 4 is 46.7 Å². The van der Waals surface area contributed by atoms with Crippen LogP contribution in [0, 0.1) is 0 Å². The third-order valence-electron chi connectivity index (χ3n) is 7.83. The SMILES string of the molecule is O=C(O)CCNC(=O)c1ccc(CN(C(=O)Nc2ccc3c(c2)C(=O)N(CC(F)(F)F)C3=O)c2ccc(C3=CCCCC3)cc2)cc1. The molecule has 1 aliphatic carbocycles. The van der Waals surface area contributed by atoms with E-state index in [9.17, 15) is 37.1 Å². The molecule has 1 aliphatic heterocycles. The number of imide groups is 1. The lowest BCUT2D eigenvalue weighted by Crippen LogP contribution is -2.38. The Kier molecular flexibility index (Phi) is 9.73. The highest BCUT2D eigenvalue weighted by atomic mass is 19.4. The number of carboxylic acids is 1. The second-order valence-corrected chi connectivity index (χ2v) is 11.2. The number of nitrogens with zero attached hydrogens (tertiary/aromatic N) is 2. The average molecular weight is 649 g/mol. The van der Waals surface area contributed by atoms with Crippen LogP contribution in [0.2, 0.25) is 0 Å². The lowest BCUT2D eigenvalue weighted by Gasteiger charge is -2.24. The van der Waals surface area contributed by atoms with Gasteiger partial charge in [-0.05, 0) is 84.8 Å². The Hall–Kier alpha value is -5.46. The molecule has 244 valence electrons. The van der Waals surface area contributed by atoms with Crippen molar-refractivity contribution in [3.8, 4) is 0 Å². The van der Waals surface area contributed by atoms with Crippen LogP contribution in [0.25, 0.3) is 5.57 Å². The summed E-state index contributed by atoms with van der Waals surface area (Å²) in [5.74, 6) is -3.65. The van der Waals surface area contributed by atoms with Gasteiger partial charge >= 0.3 is 18.2 Å². The number of hydrogen-bond acceptors (Lipinski definition) is 5. The lowest BCUT2D eigenvalue weighted by molar-refractivity contribution is -0.137. The van der Waals surface area contributed by atoms with Gasteiger partial charge in [-0.25, -0.2) is 4.79 Å². The van der Waals surface area contributed by atoms with Crippen LogP contribution in [-0.4, -0.2) is 59.0 Å². The zero-order valence-electron chi connectivity index (χ0n) is 25.1. The Morgan fingerprint density at radius 1 is 0.894 bits per heavy atom. The van der Waals surface area contributed by atoms with Gasteiger partial charge < -0.3 is 15.7 Å². The standard InChI is InChI=1S/C34H31F3N4O6/c35-34(36,37)20-41-31(45)27-15-12-25(18-28(27)32(41)46)39-33(47)40(26-13-10-23(11-14-26)22-4-2-1-3-5-22)19-21-6-8-24(9-7-21)30(44)38-17-16-29(42)43/h4,6-15,18H,1-3,5,16-17,19-20H2,(H,38,44)(H,39,47)(H,42,43). The Bertz CT molecular complexity index is 1740. The van der Waals surface area contributed by atoms with Gasteiger partial charge in [0.1, 0.15) is 6.54 Å². The first-order valence-electron chi connectivity index (χ1n) is 14.9. The summed E-state index contributed by atoms with van der Waals surface area (Å²) in [6, 6.07) is 17.0. The average Bonchev–Trinajstić information content (AvgIpc) is 3.27. The Morgan fingerprint density at radius 2 is 1.60 bits per heavy atom. The van der Waals surface area contributed by atoms with E-state index in [1.54, 1.807) is 36.4 Å². The van der Waals surface area contributed by atoms with E-state index in [0.29, 0.717) is 16.8 Å². The van der Waals surface area contributed by atoms with Crippen molar-refractivity contribution in [1.29, 1.82) is 0 Å². The summed E-state index contributed by atoms with van der Waals surface area (Å²) in [7, 11) is 0. The largest absolute Gasteiger partial charge is 0.481 e. The lowest BCUT2D eigenvalue weighted by atomic mass is 9.93.